The zero-order valence-electron chi connectivity index (χ0n) is 12.1. The quantitative estimate of drug-likeness (QED) is 0.671. The van der Waals surface area contributed by atoms with E-state index in [4.69, 9.17) is 10.5 Å². The van der Waals surface area contributed by atoms with Crippen LogP contribution in [0.15, 0.2) is 24.3 Å². The number of ether oxygens (including phenoxy) is 1. The first-order chi connectivity index (χ1) is 10.2. The van der Waals surface area contributed by atoms with E-state index in [2.05, 4.69) is 10.2 Å². The van der Waals surface area contributed by atoms with Crippen LogP contribution in [0.3, 0.4) is 0 Å². The van der Waals surface area contributed by atoms with Crippen molar-refractivity contribution in [2.24, 2.45) is 0 Å². The number of amides is 1. The summed E-state index contributed by atoms with van der Waals surface area (Å²) < 4.78 is 5.33. The van der Waals surface area contributed by atoms with Gasteiger partial charge in [0.2, 0.25) is 5.91 Å². The SMILES string of the molecule is Nc1cccc(NC(=O)CCCN2CCOCC2CO)c1. The molecule has 1 fully saturated rings. The van der Waals surface area contributed by atoms with Crippen LogP contribution < -0.4 is 11.1 Å². The molecule has 6 nitrogen and oxygen atoms in total. The molecule has 1 aliphatic rings. The summed E-state index contributed by atoms with van der Waals surface area (Å²) in [6.07, 6.45) is 1.20. The van der Waals surface area contributed by atoms with Gasteiger partial charge in [0.15, 0.2) is 0 Å². The molecule has 4 N–H and O–H groups in total. The Labute approximate surface area is 124 Å². The van der Waals surface area contributed by atoms with Gasteiger partial charge in [-0.1, -0.05) is 6.07 Å². The third-order valence-corrected chi connectivity index (χ3v) is 3.58. The fourth-order valence-electron chi connectivity index (χ4n) is 2.43. The van der Waals surface area contributed by atoms with Crippen molar-refractivity contribution < 1.29 is 14.6 Å². The molecule has 116 valence electrons. The Balaban J connectivity index is 1.71. The minimum Gasteiger partial charge on any atom is -0.399 e. The van der Waals surface area contributed by atoms with Crippen LogP contribution in [0.25, 0.3) is 0 Å². The van der Waals surface area contributed by atoms with Gasteiger partial charge in [0, 0.05) is 24.3 Å². The maximum absolute atomic E-state index is 11.9. The Kier molecular flexibility index (Phi) is 5.98. The second kappa shape index (κ2) is 7.97. The van der Waals surface area contributed by atoms with Crippen molar-refractivity contribution in [1.82, 2.24) is 4.90 Å². The van der Waals surface area contributed by atoms with Gasteiger partial charge in [0.25, 0.3) is 0 Å². The topological polar surface area (TPSA) is 87.8 Å². The molecular weight excluding hydrogens is 270 g/mol. The van der Waals surface area contributed by atoms with E-state index in [0.29, 0.717) is 25.3 Å². The second-order valence-corrected chi connectivity index (χ2v) is 5.22. The van der Waals surface area contributed by atoms with Crippen LogP contribution in [0.2, 0.25) is 0 Å². The van der Waals surface area contributed by atoms with Gasteiger partial charge >= 0.3 is 0 Å². The Morgan fingerprint density at radius 2 is 2.38 bits per heavy atom. The summed E-state index contributed by atoms with van der Waals surface area (Å²) in [6.45, 7) is 2.94. The molecule has 1 atom stereocenters. The van der Waals surface area contributed by atoms with Crippen LogP contribution in [-0.2, 0) is 9.53 Å². The van der Waals surface area contributed by atoms with Crippen molar-refractivity contribution in [2.75, 3.05) is 44.0 Å². The minimum atomic E-state index is -0.0191. The molecule has 0 radical (unpaired) electrons. The molecule has 1 heterocycles. The molecule has 1 aliphatic heterocycles. The predicted molar refractivity (Wildman–Crippen MR) is 82.0 cm³/mol. The summed E-state index contributed by atoms with van der Waals surface area (Å²) >= 11 is 0. The zero-order valence-corrected chi connectivity index (χ0v) is 12.1. The highest BCUT2D eigenvalue weighted by atomic mass is 16.5. The van der Waals surface area contributed by atoms with E-state index in [9.17, 15) is 9.90 Å². The molecule has 1 aromatic carbocycles. The summed E-state index contributed by atoms with van der Waals surface area (Å²) in [5.74, 6) is -0.0191. The number of carbonyl (C=O) groups is 1. The minimum absolute atomic E-state index is 0.0191. The second-order valence-electron chi connectivity index (χ2n) is 5.22. The molecular formula is C15H23N3O3. The first-order valence-corrected chi connectivity index (χ1v) is 7.27. The number of hydrogen-bond acceptors (Lipinski definition) is 5. The first-order valence-electron chi connectivity index (χ1n) is 7.27. The van der Waals surface area contributed by atoms with Gasteiger partial charge in [-0.05, 0) is 31.2 Å². The monoisotopic (exact) mass is 293 g/mol. The van der Waals surface area contributed by atoms with Crippen molar-refractivity contribution in [1.29, 1.82) is 0 Å². The fraction of sp³-hybridized carbons (Fsp3) is 0.533. The number of aliphatic hydroxyl groups is 1. The molecule has 1 unspecified atom stereocenters. The van der Waals surface area contributed by atoms with Gasteiger partial charge in [-0.25, -0.2) is 0 Å². The van der Waals surface area contributed by atoms with Crippen LogP contribution in [0, 0.1) is 0 Å². The highest BCUT2D eigenvalue weighted by Crippen LogP contribution is 2.13. The molecule has 0 saturated carbocycles. The molecule has 1 amide bonds. The summed E-state index contributed by atoms with van der Waals surface area (Å²) in [7, 11) is 0. The molecule has 1 aromatic rings. The Morgan fingerprint density at radius 3 is 3.14 bits per heavy atom. The number of aliphatic hydroxyl groups excluding tert-OH is 1. The van der Waals surface area contributed by atoms with Crippen molar-refractivity contribution >= 4 is 17.3 Å². The Morgan fingerprint density at radius 1 is 1.52 bits per heavy atom. The smallest absolute Gasteiger partial charge is 0.224 e. The number of anilines is 2. The van der Waals surface area contributed by atoms with E-state index in [1.54, 1.807) is 12.1 Å². The normalized spacial score (nSPS) is 19.4. The molecule has 0 bridgehead atoms. The van der Waals surface area contributed by atoms with E-state index in [1.807, 2.05) is 12.1 Å². The van der Waals surface area contributed by atoms with E-state index in [1.165, 1.54) is 0 Å². The number of rotatable bonds is 6. The highest BCUT2D eigenvalue weighted by Gasteiger charge is 2.21. The maximum Gasteiger partial charge on any atom is 0.224 e. The fourth-order valence-corrected chi connectivity index (χ4v) is 2.43. The third-order valence-electron chi connectivity index (χ3n) is 3.58. The largest absolute Gasteiger partial charge is 0.399 e. The summed E-state index contributed by atoms with van der Waals surface area (Å²) in [4.78, 5) is 14.0. The van der Waals surface area contributed by atoms with Crippen LogP contribution in [0.4, 0.5) is 11.4 Å². The maximum atomic E-state index is 11.9. The van der Waals surface area contributed by atoms with Gasteiger partial charge in [-0.15, -0.1) is 0 Å². The average Bonchev–Trinajstić information content (AvgIpc) is 2.47. The van der Waals surface area contributed by atoms with Gasteiger partial charge in [0.05, 0.1) is 25.9 Å². The van der Waals surface area contributed by atoms with E-state index < -0.39 is 0 Å². The molecule has 21 heavy (non-hydrogen) atoms. The Hall–Kier alpha value is -1.63. The van der Waals surface area contributed by atoms with Crippen LogP contribution in [0.5, 0.6) is 0 Å². The number of nitrogens with two attached hydrogens (primary N) is 1. The Bertz CT molecular complexity index is 467. The lowest BCUT2D eigenvalue weighted by molar-refractivity contribution is -0.116. The standard InChI is InChI=1S/C15H23N3O3/c16-12-3-1-4-13(9-12)17-15(20)5-2-6-18-7-8-21-11-14(18)10-19/h1,3-4,9,14,19H,2,5-8,10-11,16H2,(H,17,20). The summed E-state index contributed by atoms with van der Waals surface area (Å²) in [5.41, 5.74) is 7.02. The molecule has 0 spiro atoms. The third kappa shape index (κ3) is 5.00. The van der Waals surface area contributed by atoms with Gasteiger partial charge < -0.3 is 20.9 Å². The molecule has 6 heteroatoms. The number of nitrogens with one attached hydrogen (secondary N) is 1. The zero-order chi connectivity index (χ0) is 15.1. The number of benzene rings is 1. The number of hydrogen-bond donors (Lipinski definition) is 3. The van der Waals surface area contributed by atoms with Gasteiger partial charge in [0.1, 0.15) is 0 Å². The average molecular weight is 293 g/mol. The predicted octanol–water partition coefficient (Wildman–Crippen LogP) is 0.681. The van der Waals surface area contributed by atoms with E-state index >= 15 is 0 Å². The van der Waals surface area contributed by atoms with Crippen LogP contribution >= 0.6 is 0 Å². The lowest BCUT2D eigenvalue weighted by Gasteiger charge is -2.34. The van der Waals surface area contributed by atoms with Gasteiger partial charge in [-0.2, -0.15) is 0 Å². The van der Waals surface area contributed by atoms with Crippen molar-refractivity contribution in [3.63, 3.8) is 0 Å². The first kappa shape index (κ1) is 15.8. The number of nitrogens with zero attached hydrogens (tertiary/aromatic N) is 1. The molecule has 0 aromatic heterocycles. The molecule has 2 rings (SSSR count). The lowest BCUT2D eigenvalue weighted by Crippen LogP contribution is -2.47. The van der Waals surface area contributed by atoms with Crippen molar-refractivity contribution in [3.05, 3.63) is 24.3 Å². The molecule has 1 saturated heterocycles. The number of morpholine rings is 1. The summed E-state index contributed by atoms with van der Waals surface area (Å²) in [5, 5.41) is 12.1. The van der Waals surface area contributed by atoms with Crippen LogP contribution in [-0.4, -0.2) is 54.9 Å². The summed E-state index contributed by atoms with van der Waals surface area (Å²) in [6, 6.07) is 7.20. The van der Waals surface area contributed by atoms with Crippen molar-refractivity contribution in [2.45, 2.75) is 18.9 Å². The van der Waals surface area contributed by atoms with Gasteiger partial charge in [-0.3, -0.25) is 9.69 Å². The molecule has 0 aliphatic carbocycles. The highest BCUT2D eigenvalue weighted by molar-refractivity contribution is 5.91. The van der Waals surface area contributed by atoms with E-state index in [-0.39, 0.29) is 18.6 Å². The van der Waals surface area contributed by atoms with E-state index in [0.717, 1.165) is 25.2 Å². The number of carbonyl (C=O) groups excluding carboxylic acids is 1. The van der Waals surface area contributed by atoms with Crippen molar-refractivity contribution in [3.8, 4) is 0 Å². The number of nitrogen functional groups attached to an aromatic ring is 1. The lowest BCUT2D eigenvalue weighted by atomic mass is 10.2. The van der Waals surface area contributed by atoms with Crippen LogP contribution in [0.1, 0.15) is 12.8 Å².